The molecule has 2 rings (SSSR count). The largest absolute Gasteiger partial charge is 0.394 e. The van der Waals surface area contributed by atoms with Gasteiger partial charge in [-0.05, 0) is 6.92 Å². The van der Waals surface area contributed by atoms with Crippen LogP contribution < -0.4 is 11.2 Å². The number of aryl methyl sites for hydroxylation is 1. The number of hydrogen-bond acceptors (Lipinski definition) is 5. The van der Waals surface area contributed by atoms with Crippen LogP contribution in [0.2, 0.25) is 0 Å². The van der Waals surface area contributed by atoms with Crippen LogP contribution in [0, 0.1) is 6.92 Å². The van der Waals surface area contributed by atoms with Crippen molar-refractivity contribution in [2.45, 2.75) is 31.8 Å². The molecule has 0 aromatic carbocycles. The van der Waals surface area contributed by atoms with E-state index in [0.29, 0.717) is 5.56 Å². The van der Waals surface area contributed by atoms with Gasteiger partial charge in [-0.2, -0.15) is 0 Å². The van der Waals surface area contributed by atoms with Gasteiger partial charge in [0.1, 0.15) is 12.3 Å². The van der Waals surface area contributed by atoms with Crippen molar-refractivity contribution in [3.8, 4) is 0 Å². The lowest BCUT2D eigenvalue weighted by Crippen LogP contribution is -2.33. The van der Waals surface area contributed by atoms with Crippen LogP contribution in [0.15, 0.2) is 15.8 Å². The topological polar surface area (TPSA) is 105 Å². The SMILES string of the molecule is Cc1cn(C2C[C@@H](O)[C@@H](CO)O2)c(=O)[nH]c1=O. The second-order valence-corrected chi connectivity index (χ2v) is 4.09. The van der Waals surface area contributed by atoms with Crippen molar-refractivity contribution >= 4 is 0 Å². The second kappa shape index (κ2) is 4.44. The fraction of sp³-hybridized carbons (Fsp3) is 0.600. The Kier molecular flexibility index (Phi) is 3.14. The van der Waals surface area contributed by atoms with Crippen LogP contribution in [0.1, 0.15) is 18.2 Å². The third kappa shape index (κ3) is 2.17. The summed E-state index contributed by atoms with van der Waals surface area (Å²) >= 11 is 0. The Morgan fingerprint density at radius 1 is 1.59 bits per heavy atom. The Balaban J connectivity index is 2.34. The Morgan fingerprint density at radius 2 is 2.29 bits per heavy atom. The van der Waals surface area contributed by atoms with Gasteiger partial charge < -0.3 is 14.9 Å². The minimum Gasteiger partial charge on any atom is -0.394 e. The van der Waals surface area contributed by atoms with Gasteiger partial charge in [0.05, 0.1) is 12.7 Å². The zero-order valence-corrected chi connectivity index (χ0v) is 9.29. The number of rotatable bonds is 2. The van der Waals surface area contributed by atoms with Crippen LogP contribution in [-0.2, 0) is 4.74 Å². The van der Waals surface area contributed by atoms with E-state index in [1.54, 1.807) is 6.92 Å². The average Bonchev–Trinajstić information content (AvgIpc) is 2.65. The first kappa shape index (κ1) is 12.0. The van der Waals surface area contributed by atoms with E-state index in [0.717, 1.165) is 0 Å². The highest BCUT2D eigenvalue weighted by molar-refractivity contribution is 5.02. The molecule has 1 saturated heterocycles. The van der Waals surface area contributed by atoms with Crippen LogP contribution in [-0.4, -0.2) is 38.6 Å². The smallest absolute Gasteiger partial charge is 0.330 e. The molecule has 7 nitrogen and oxygen atoms in total. The zero-order chi connectivity index (χ0) is 12.6. The van der Waals surface area contributed by atoms with E-state index in [1.807, 2.05) is 0 Å². The summed E-state index contributed by atoms with van der Waals surface area (Å²) in [7, 11) is 0. The minimum absolute atomic E-state index is 0.205. The van der Waals surface area contributed by atoms with E-state index in [-0.39, 0.29) is 13.0 Å². The maximum atomic E-state index is 11.6. The molecule has 1 unspecified atom stereocenters. The van der Waals surface area contributed by atoms with Crippen molar-refractivity contribution < 1.29 is 14.9 Å². The molecule has 0 spiro atoms. The summed E-state index contributed by atoms with van der Waals surface area (Å²) < 4.78 is 6.54. The fourth-order valence-corrected chi connectivity index (χ4v) is 1.85. The number of aromatic nitrogens is 2. The molecular weight excluding hydrogens is 228 g/mol. The van der Waals surface area contributed by atoms with E-state index >= 15 is 0 Å². The van der Waals surface area contributed by atoms with Gasteiger partial charge >= 0.3 is 5.69 Å². The molecule has 7 heteroatoms. The molecule has 0 radical (unpaired) electrons. The number of nitrogens with zero attached hydrogens (tertiary/aromatic N) is 1. The van der Waals surface area contributed by atoms with Crippen LogP contribution in [0.3, 0.4) is 0 Å². The monoisotopic (exact) mass is 242 g/mol. The van der Waals surface area contributed by atoms with E-state index in [1.165, 1.54) is 10.8 Å². The molecule has 0 saturated carbocycles. The summed E-state index contributed by atoms with van der Waals surface area (Å²) in [5.41, 5.74) is -0.643. The van der Waals surface area contributed by atoms with Gasteiger partial charge in [0.25, 0.3) is 5.56 Å². The maximum absolute atomic E-state index is 11.6. The molecule has 3 N–H and O–H groups in total. The average molecular weight is 242 g/mol. The summed E-state index contributed by atoms with van der Waals surface area (Å²) in [4.78, 5) is 24.9. The predicted octanol–water partition coefficient (Wildman–Crippen LogP) is -1.51. The van der Waals surface area contributed by atoms with E-state index in [9.17, 15) is 14.7 Å². The Hall–Kier alpha value is -1.44. The van der Waals surface area contributed by atoms with E-state index in [2.05, 4.69) is 4.98 Å². The van der Waals surface area contributed by atoms with E-state index < -0.39 is 29.7 Å². The highest BCUT2D eigenvalue weighted by Crippen LogP contribution is 2.27. The number of ether oxygens (including phenoxy) is 1. The molecule has 2 heterocycles. The molecule has 0 aliphatic carbocycles. The van der Waals surface area contributed by atoms with Gasteiger partial charge in [0, 0.05) is 18.2 Å². The Bertz CT molecular complexity index is 520. The van der Waals surface area contributed by atoms with Crippen molar-refractivity contribution in [3.63, 3.8) is 0 Å². The molecule has 0 amide bonds. The van der Waals surface area contributed by atoms with Crippen LogP contribution >= 0.6 is 0 Å². The molecule has 1 aromatic heterocycles. The maximum Gasteiger partial charge on any atom is 0.330 e. The quantitative estimate of drug-likeness (QED) is 0.584. The van der Waals surface area contributed by atoms with Gasteiger partial charge in [-0.3, -0.25) is 14.3 Å². The van der Waals surface area contributed by atoms with Crippen LogP contribution in [0.4, 0.5) is 0 Å². The van der Waals surface area contributed by atoms with Gasteiger partial charge in [-0.15, -0.1) is 0 Å². The molecule has 1 aliphatic heterocycles. The van der Waals surface area contributed by atoms with Gasteiger partial charge in [-0.25, -0.2) is 4.79 Å². The standard InChI is InChI=1S/C10H14N2O5/c1-5-3-12(10(16)11-9(5)15)8-2-6(14)7(4-13)17-8/h3,6-8,13-14H,2,4H2,1H3,(H,11,15,16)/t6-,7-,8?/m1/s1. The fourth-order valence-electron chi connectivity index (χ4n) is 1.85. The predicted molar refractivity (Wildman–Crippen MR) is 57.7 cm³/mol. The summed E-state index contributed by atoms with van der Waals surface area (Å²) in [6.45, 7) is 1.26. The first-order valence-electron chi connectivity index (χ1n) is 5.29. The number of H-pyrrole nitrogens is 1. The number of hydrogen-bond donors (Lipinski definition) is 3. The summed E-state index contributed by atoms with van der Waals surface area (Å²) in [5.74, 6) is 0. The lowest BCUT2D eigenvalue weighted by atomic mass is 10.2. The second-order valence-electron chi connectivity index (χ2n) is 4.09. The van der Waals surface area contributed by atoms with E-state index in [4.69, 9.17) is 9.84 Å². The Labute approximate surface area is 96.3 Å². The molecule has 94 valence electrons. The van der Waals surface area contributed by atoms with Gasteiger partial charge in [0.2, 0.25) is 0 Å². The van der Waals surface area contributed by atoms with Crippen molar-refractivity contribution in [1.29, 1.82) is 0 Å². The third-order valence-electron chi connectivity index (χ3n) is 2.84. The molecular formula is C10H14N2O5. The molecule has 1 fully saturated rings. The number of aliphatic hydroxyl groups excluding tert-OH is 2. The van der Waals surface area contributed by atoms with Gasteiger partial charge in [0.15, 0.2) is 0 Å². The molecule has 1 aliphatic rings. The van der Waals surface area contributed by atoms with Gasteiger partial charge in [-0.1, -0.05) is 0 Å². The van der Waals surface area contributed by atoms with Crippen LogP contribution in [0.25, 0.3) is 0 Å². The Morgan fingerprint density at radius 3 is 2.88 bits per heavy atom. The molecule has 1 aromatic rings. The number of aromatic amines is 1. The molecule has 3 atom stereocenters. The van der Waals surface area contributed by atoms with Crippen molar-refractivity contribution in [2.24, 2.45) is 0 Å². The lowest BCUT2D eigenvalue weighted by molar-refractivity contribution is -0.0459. The van der Waals surface area contributed by atoms with Crippen LogP contribution in [0.5, 0.6) is 0 Å². The summed E-state index contributed by atoms with van der Waals surface area (Å²) in [5, 5.41) is 18.5. The summed E-state index contributed by atoms with van der Waals surface area (Å²) in [6.07, 6.45) is -0.581. The number of aliphatic hydroxyl groups is 2. The normalized spacial score (nSPS) is 28.5. The minimum atomic E-state index is -0.816. The summed E-state index contributed by atoms with van der Waals surface area (Å²) in [6, 6.07) is 0. The lowest BCUT2D eigenvalue weighted by Gasteiger charge is -2.14. The molecule has 17 heavy (non-hydrogen) atoms. The van der Waals surface area contributed by atoms with Crippen molar-refractivity contribution in [2.75, 3.05) is 6.61 Å². The van der Waals surface area contributed by atoms with Crippen molar-refractivity contribution in [1.82, 2.24) is 9.55 Å². The highest BCUT2D eigenvalue weighted by atomic mass is 16.5. The first-order chi connectivity index (χ1) is 8.02. The number of nitrogens with one attached hydrogen (secondary N) is 1. The first-order valence-corrected chi connectivity index (χ1v) is 5.29. The van der Waals surface area contributed by atoms with Crippen molar-refractivity contribution in [3.05, 3.63) is 32.6 Å². The third-order valence-corrected chi connectivity index (χ3v) is 2.84. The zero-order valence-electron chi connectivity index (χ0n) is 9.29. The molecule has 0 bridgehead atoms. The highest BCUT2D eigenvalue weighted by Gasteiger charge is 2.34.